The van der Waals surface area contributed by atoms with Crippen molar-refractivity contribution in [1.82, 2.24) is 14.9 Å². The lowest BCUT2D eigenvalue weighted by Crippen LogP contribution is -2.21. The minimum absolute atomic E-state index is 0.0713. The van der Waals surface area contributed by atoms with E-state index in [-0.39, 0.29) is 5.92 Å². The highest BCUT2D eigenvalue weighted by molar-refractivity contribution is 5.18. The predicted octanol–water partition coefficient (Wildman–Crippen LogP) is 1.79. The second-order valence-corrected chi connectivity index (χ2v) is 5.67. The van der Waals surface area contributed by atoms with Crippen molar-refractivity contribution < 1.29 is 13.9 Å². The molecule has 2 heterocycles. The lowest BCUT2D eigenvalue weighted by Gasteiger charge is -2.15. The van der Waals surface area contributed by atoms with Gasteiger partial charge in [0.05, 0.1) is 11.8 Å². The number of aliphatic hydroxyl groups excluding tert-OH is 1. The second-order valence-electron chi connectivity index (χ2n) is 5.67. The van der Waals surface area contributed by atoms with Gasteiger partial charge in [0.2, 0.25) is 0 Å². The molecule has 1 aromatic carbocycles. The van der Waals surface area contributed by atoms with E-state index in [0.717, 1.165) is 11.8 Å². The summed E-state index contributed by atoms with van der Waals surface area (Å²) >= 11 is 0. The third kappa shape index (κ3) is 3.45. The van der Waals surface area contributed by atoms with Crippen LogP contribution in [0.3, 0.4) is 0 Å². The van der Waals surface area contributed by atoms with Gasteiger partial charge in [0.25, 0.3) is 0 Å². The molecule has 2 atom stereocenters. The van der Waals surface area contributed by atoms with E-state index in [4.69, 9.17) is 0 Å². The number of halogens is 2. The molecule has 1 aliphatic rings. The number of likely N-dealkylation sites (tertiary alicyclic amines) is 1. The molecule has 116 valence electrons. The molecule has 0 amide bonds. The molecule has 1 aliphatic heterocycles. The first-order chi connectivity index (χ1) is 10.6. The van der Waals surface area contributed by atoms with Crippen LogP contribution in [0.15, 0.2) is 36.8 Å². The van der Waals surface area contributed by atoms with Crippen LogP contribution in [-0.4, -0.2) is 39.2 Å². The molecule has 1 N–H and O–H groups in total. The van der Waals surface area contributed by atoms with E-state index in [0.29, 0.717) is 31.6 Å². The van der Waals surface area contributed by atoms with Crippen LogP contribution in [0.4, 0.5) is 8.78 Å². The van der Waals surface area contributed by atoms with Crippen LogP contribution in [0.1, 0.15) is 11.3 Å². The monoisotopic (exact) mass is 305 g/mol. The molecule has 0 radical (unpaired) electrons. The van der Waals surface area contributed by atoms with Crippen molar-refractivity contribution in [2.75, 3.05) is 13.1 Å². The maximum absolute atomic E-state index is 13.2. The number of aliphatic hydroxyl groups is 1. The molecule has 0 spiro atoms. The van der Waals surface area contributed by atoms with Crippen molar-refractivity contribution in [2.45, 2.75) is 19.1 Å². The summed E-state index contributed by atoms with van der Waals surface area (Å²) in [5.41, 5.74) is 1.55. The van der Waals surface area contributed by atoms with Crippen LogP contribution in [0, 0.1) is 17.6 Å². The van der Waals surface area contributed by atoms with Crippen molar-refractivity contribution in [2.24, 2.45) is 5.92 Å². The Morgan fingerprint density at radius 3 is 2.77 bits per heavy atom. The fraction of sp³-hybridized carbons (Fsp3) is 0.375. The van der Waals surface area contributed by atoms with Crippen LogP contribution >= 0.6 is 0 Å². The highest BCUT2D eigenvalue weighted by Gasteiger charge is 2.31. The molecular weight excluding hydrogens is 288 g/mol. The smallest absolute Gasteiger partial charge is 0.159 e. The molecule has 2 aromatic rings. The van der Waals surface area contributed by atoms with Crippen LogP contribution < -0.4 is 0 Å². The van der Waals surface area contributed by atoms with Gasteiger partial charge in [-0.1, -0.05) is 6.07 Å². The van der Waals surface area contributed by atoms with Gasteiger partial charge in [0, 0.05) is 44.1 Å². The van der Waals surface area contributed by atoms with Gasteiger partial charge in [-0.15, -0.1) is 0 Å². The third-order valence-corrected chi connectivity index (χ3v) is 3.96. The van der Waals surface area contributed by atoms with Crippen molar-refractivity contribution >= 4 is 0 Å². The second kappa shape index (κ2) is 6.46. The van der Waals surface area contributed by atoms with Gasteiger partial charge < -0.3 is 5.11 Å². The number of nitrogens with zero attached hydrogens (tertiary/aromatic N) is 3. The lowest BCUT2D eigenvalue weighted by molar-refractivity contribution is 0.140. The summed E-state index contributed by atoms with van der Waals surface area (Å²) in [6.07, 6.45) is 5.15. The third-order valence-electron chi connectivity index (χ3n) is 3.96. The molecule has 0 aliphatic carbocycles. The molecule has 0 unspecified atom stereocenters. The van der Waals surface area contributed by atoms with Gasteiger partial charge >= 0.3 is 0 Å². The number of rotatable bonds is 4. The van der Waals surface area contributed by atoms with Crippen molar-refractivity contribution in [3.05, 3.63) is 59.7 Å². The lowest BCUT2D eigenvalue weighted by atomic mass is 10.0. The van der Waals surface area contributed by atoms with E-state index >= 15 is 0 Å². The Kier molecular flexibility index (Phi) is 4.40. The number of hydrogen-bond acceptors (Lipinski definition) is 4. The van der Waals surface area contributed by atoms with E-state index < -0.39 is 17.7 Å². The quantitative estimate of drug-likeness (QED) is 0.935. The minimum atomic E-state index is -0.842. The Labute approximate surface area is 127 Å². The van der Waals surface area contributed by atoms with Gasteiger partial charge in [0.1, 0.15) is 0 Å². The topological polar surface area (TPSA) is 49.2 Å². The summed E-state index contributed by atoms with van der Waals surface area (Å²) < 4.78 is 26.2. The first kappa shape index (κ1) is 15.0. The van der Waals surface area contributed by atoms with Crippen LogP contribution in [-0.2, 0) is 13.0 Å². The van der Waals surface area contributed by atoms with E-state index in [1.165, 1.54) is 6.07 Å². The molecular formula is C16H17F2N3O. The molecule has 1 fully saturated rings. The zero-order valence-corrected chi connectivity index (χ0v) is 12.0. The Bertz CT molecular complexity index is 639. The normalized spacial score (nSPS) is 22.1. The first-order valence-corrected chi connectivity index (χ1v) is 7.21. The van der Waals surface area contributed by atoms with Crippen molar-refractivity contribution in [1.29, 1.82) is 0 Å². The summed E-state index contributed by atoms with van der Waals surface area (Å²) in [6.45, 7) is 1.70. The Hall–Kier alpha value is -1.92. The average Bonchev–Trinajstić information content (AvgIpc) is 2.84. The van der Waals surface area contributed by atoms with E-state index in [9.17, 15) is 13.9 Å². The zero-order valence-electron chi connectivity index (χ0n) is 12.0. The van der Waals surface area contributed by atoms with Gasteiger partial charge in [-0.25, -0.2) is 8.78 Å². The molecule has 1 aromatic heterocycles. The highest BCUT2D eigenvalue weighted by Crippen LogP contribution is 2.22. The standard InChI is InChI=1S/C16H17F2N3O/c17-14-2-1-11(5-15(14)18)8-21-9-12(16(22)10-21)6-13-7-19-3-4-20-13/h1-5,7,12,16,22H,6,8-10H2/t12-,16-/m1/s1. The molecule has 6 heteroatoms. The maximum atomic E-state index is 13.2. The Morgan fingerprint density at radius 2 is 2.05 bits per heavy atom. The number of aromatic nitrogens is 2. The molecule has 4 nitrogen and oxygen atoms in total. The molecule has 1 saturated heterocycles. The summed E-state index contributed by atoms with van der Waals surface area (Å²) in [4.78, 5) is 10.3. The molecule has 22 heavy (non-hydrogen) atoms. The minimum Gasteiger partial charge on any atom is -0.391 e. The average molecular weight is 305 g/mol. The van der Waals surface area contributed by atoms with E-state index in [1.54, 1.807) is 24.7 Å². The summed E-state index contributed by atoms with van der Waals surface area (Å²) in [5, 5.41) is 10.2. The fourth-order valence-corrected chi connectivity index (χ4v) is 2.87. The summed E-state index contributed by atoms with van der Waals surface area (Å²) in [5.74, 6) is -1.61. The number of hydrogen-bond donors (Lipinski definition) is 1. The maximum Gasteiger partial charge on any atom is 0.159 e. The zero-order chi connectivity index (χ0) is 15.5. The van der Waals surface area contributed by atoms with Crippen LogP contribution in [0.5, 0.6) is 0 Å². The Balaban J connectivity index is 1.61. The predicted molar refractivity (Wildman–Crippen MR) is 76.9 cm³/mol. The molecule has 3 rings (SSSR count). The number of β-amino-alcohol motifs (C(OH)–C–C–N with tert-alkyl or cyclic N) is 1. The Morgan fingerprint density at radius 1 is 1.18 bits per heavy atom. The summed E-state index contributed by atoms with van der Waals surface area (Å²) in [6, 6.07) is 3.91. The van der Waals surface area contributed by atoms with E-state index in [2.05, 4.69) is 9.97 Å². The van der Waals surface area contributed by atoms with Gasteiger partial charge in [-0.05, 0) is 24.1 Å². The number of benzene rings is 1. The molecule has 0 bridgehead atoms. The van der Waals surface area contributed by atoms with Crippen LogP contribution in [0.2, 0.25) is 0 Å². The SMILES string of the molecule is O[C@@H]1CN(Cc2ccc(F)c(F)c2)C[C@H]1Cc1cnccn1. The largest absolute Gasteiger partial charge is 0.391 e. The van der Waals surface area contributed by atoms with Gasteiger partial charge in [0.15, 0.2) is 11.6 Å². The van der Waals surface area contributed by atoms with Crippen molar-refractivity contribution in [3.8, 4) is 0 Å². The molecule has 0 saturated carbocycles. The fourth-order valence-electron chi connectivity index (χ4n) is 2.87. The first-order valence-electron chi connectivity index (χ1n) is 7.21. The van der Waals surface area contributed by atoms with Crippen LogP contribution in [0.25, 0.3) is 0 Å². The van der Waals surface area contributed by atoms with Gasteiger partial charge in [-0.3, -0.25) is 14.9 Å². The van der Waals surface area contributed by atoms with Crippen molar-refractivity contribution in [3.63, 3.8) is 0 Å². The van der Waals surface area contributed by atoms with E-state index in [1.807, 2.05) is 4.90 Å². The highest BCUT2D eigenvalue weighted by atomic mass is 19.2. The summed E-state index contributed by atoms with van der Waals surface area (Å²) in [7, 11) is 0. The van der Waals surface area contributed by atoms with Gasteiger partial charge in [-0.2, -0.15) is 0 Å².